The van der Waals surface area contributed by atoms with Crippen LogP contribution in [0, 0.1) is 17.6 Å². The van der Waals surface area contributed by atoms with Crippen LogP contribution in [0.4, 0.5) is 14.7 Å². The Hall–Kier alpha value is -1.69. The first kappa shape index (κ1) is 13.3. The van der Waals surface area contributed by atoms with Gasteiger partial charge in [-0.05, 0) is 38.1 Å². The van der Waals surface area contributed by atoms with E-state index < -0.39 is 11.6 Å². The number of aromatic nitrogens is 2. The summed E-state index contributed by atoms with van der Waals surface area (Å²) < 4.78 is 29.3. The molecule has 0 saturated carbocycles. The van der Waals surface area contributed by atoms with Gasteiger partial charge >= 0.3 is 0 Å². The third-order valence-corrected chi connectivity index (χ3v) is 4.17. The minimum atomic E-state index is -0.863. The van der Waals surface area contributed by atoms with Crippen molar-refractivity contribution in [2.45, 2.75) is 19.4 Å². The predicted octanol–water partition coefficient (Wildman–Crippen LogP) is 2.41. The molecule has 108 valence electrons. The second-order valence-electron chi connectivity index (χ2n) is 5.66. The number of likely N-dealkylation sites (tertiary alicyclic amines) is 1. The van der Waals surface area contributed by atoms with Crippen molar-refractivity contribution in [1.29, 1.82) is 0 Å². The molecular weight excluding hydrogens is 262 g/mol. The molecule has 2 heterocycles. The minimum Gasteiger partial charge on any atom is -0.369 e. The topological polar surface area (TPSA) is 47.1 Å². The highest BCUT2D eigenvalue weighted by atomic mass is 19.2. The average Bonchev–Trinajstić information content (AvgIpc) is 2.72. The van der Waals surface area contributed by atoms with E-state index in [4.69, 9.17) is 5.73 Å². The summed E-state index contributed by atoms with van der Waals surface area (Å²) in [5.41, 5.74) is 6.54. The van der Waals surface area contributed by atoms with Crippen LogP contribution in [0.15, 0.2) is 12.1 Å². The molecule has 2 aromatic rings. The highest BCUT2D eigenvalue weighted by molar-refractivity contribution is 5.79. The Kier molecular flexibility index (Phi) is 3.12. The monoisotopic (exact) mass is 280 g/mol. The predicted molar refractivity (Wildman–Crippen MR) is 74.4 cm³/mol. The van der Waals surface area contributed by atoms with E-state index >= 15 is 0 Å². The summed E-state index contributed by atoms with van der Waals surface area (Å²) in [6, 6.07) is 2.61. The van der Waals surface area contributed by atoms with Gasteiger partial charge in [0.05, 0.1) is 5.52 Å². The fraction of sp³-hybridized carbons (Fsp3) is 0.500. The number of halogens is 2. The summed E-state index contributed by atoms with van der Waals surface area (Å²) >= 11 is 0. The maximum Gasteiger partial charge on any atom is 0.201 e. The molecular formula is C14H18F2N4. The van der Waals surface area contributed by atoms with Crippen molar-refractivity contribution in [2.75, 3.05) is 25.9 Å². The summed E-state index contributed by atoms with van der Waals surface area (Å²) in [6.07, 6.45) is 0.850. The Bertz CT molecular complexity index is 652. The SMILES string of the molecule is CC1CN(C)CCC1n1c(N)nc2ccc(F)c(F)c21. The van der Waals surface area contributed by atoms with Gasteiger partial charge in [0.25, 0.3) is 0 Å². The number of anilines is 1. The van der Waals surface area contributed by atoms with Crippen LogP contribution in [0.1, 0.15) is 19.4 Å². The van der Waals surface area contributed by atoms with Gasteiger partial charge in [-0.15, -0.1) is 0 Å². The van der Waals surface area contributed by atoms with Crippen molar-refractivity contribution in [3.8, 4) is 0 Å². The molecule has 2 unspecified atom stereocenters. The summed E-state index contributed by atoms with van der Waals surface area (Å²) in [7, 11) is 2.06. The second kappa shape index (κ2) is 4.70. The Labute approximate surface area is 116 Å². The molecule has 0 radical (unpaired) electrons. The maximum atomic E-state index is 14.1. The van der Waals surface area contributed by atoms with E-state index in [9.17, 15) is 8.78 Å². The van der Waals surface area contributed by atoms with Crippen LogP contribution in [-0.4, -0.2) is 34.6 Å². The number of nitrogen functional groups attached to an aromatic ring is 1. The van der Waals surface area contributed by atoms with Crippen LogP contribution in [0.3, 0.4) is 0 Å². The molecule has 1 saturated heterocycles. The van der Waals surface area contributed by atoms with Crippen LogP contribution in [0.5, 0.6) is 0 Å². The number of nitrogens with two attached hydrogens (primary N) is 1. The summed E-state index contributed by atoms with van der Waals surface area (Å²) in [5.74, 6) is -1.17. The van der Waals surface area contributed by atoms with Crippen LogP contribution in [-0.2, 0) is 0 Å². The number of rotatable bonds is 1. The molecule has 0 amide bonds. The Balaban J connectivity index is 2.15. The van der Waals surface area contributed by atoms with E-state index in [0.717, 1.165) is 25.6 Å². The zero-order chi connectivity index (χ0) is 14.4. The van der Waals surface area contributed by atoms with E-state index in [0.29, 0.717) is 11.4 Å². The van der Waals surface area contributed by atoms with E-state index in [2.05, 4.69) is 23.9 Å². The fourth-order valence-corrected chi connectivity index (χ4v) is 3.20. The molecule has 20 heavy (non-hydrogen) atoms. The molecule has 1 aromatic carbocycles. The average molecular weight is 280 g/mol. The molecule has 2 atom stereocenters. The molecule has 2 N–H and O–H groups in total. The van der Waals surface area contributed by atoms with E-state index in [1.165, 1.54) is 6.07 Å². The van der Waals surface area contributed by atoms with Gasteiger partial charge in [-0.1, -0.05) is 6.92 Å². The van der Waals surface area contributed by atoms with Gasteiger partial charge in [0.2, 0.25) is 5.95 Å². The van der Waals surface area contributed by atoms with Gasteiger partial charge in [-0.25, -0.2) is 13.8 Å². The summed E-state index contributed by atoms with van der Waals surface area (Å²) in [4.78, 5) is 6.39. The lowest BCUT2D eigenvalue weighted by Gasteiger charge is -2.36. The first-order chi connectivity index (χ1) is 9.49. The van der Waals surface area contributed by atoms with Gasteiger partial charge in [-0.2, -0.15) is 0 Å². The minimum absolute atomic E-state index is 0.0486. The largest absolute Gasteiger partial charge is 0.369 e. The number of hydrogen-bond donors (Lipinski definition) is 1. The number of piperidine rings is 1. The van der Waals surface area contributed by atoms with Crippen molar-refractivity contribution < 1.29 is 8.78 Å². The summed E-state index contributed by atoms with van der Waals surface area (Å²) in [6.45, 7) is 3.91. The van der Waals surface area contributed by atoms with Crippen LogP contribution >= 0.6 is 0 Å². The van der Waals surface area contributed by atoms with E-state index in [1.807, 2.05) is 0 Å². The van der Waals surface area contributed by atoms with Crippen LogP contribution in [0.2, 0.25) is 0 Å². The lowest BCUT2D eigenvalue weighted by Crippen LogP contribution is -2.38. The van der Waals surface area contributed by atoms with Crippen molar-refractivity contribution in [3.63, 3.8) is 0 Å². The standard InChI is InChI=1S/C14H18F2N4/c1-8-7-19(2)6-5-11(8)20-13-10(18-14(20)17)4-3-9(15)12(13)16/h3-4,8,11H,5-7H2,1-2H3,(H2,17,18). The molecule has 0 bridgehead atoms. The fourth-order valence-electron chi connectivity index (χ4n) is 3.20. The Morgan fingerprint density at radius 3 is 2.80 bits per heavy atom. The third kappa shape index (κ3) is 1.95. The first-order valence-electron chi connectivity index (χ1n) is 6.79. The molecule has 1 aliphatic heterocycles. The van der Waals surface area contributed by atoms with Gasteiger partial charge < -0.3 is 15.2 Å². The molecule has 3 rings (SSSR count). The number of benzene rings is 1. The number of fused-ring (bicyclic) bond motifs is 1. The van der Waals surface area contributed by atoms with Gasteiger partial charge in [0.15, 0.2) is 11.6 Å². The zero-order valence-electron chi connectivity index (χ0n) is 11.6. The molecule has 0 aliphatic carbocycles. The molecule has 1 fully saturated rings. The van der Waals surface area contributed by atoms with Gasteiger partial charge in [-0.3, -0.25) is 0 Å². The Morgan fingerprint density at radius 1 is 1.35 bits per heavy atom. The zero-order valence-corrected chi connectivity index (χ0v) is 11.6. The quantitative estimate of drug-likeness (QED) is 0.872. The van der Waals surface area contributed by atoms with Crippen LogP contribution < -0.4 is 5.73 Å². The van der Waals surface area contributed by atoms with E-state index in [-0.39, 0.29) is 17.5 Å². The molecule has 6 heteroatoms. The smallest absolute Gasteiger partial charge is 0.201 e. The maximum absolute atomic E-state index is 14.1. The van der Waals surface area contributed by atoms with Crippen molar-refractivity contribution in [3.05, 3.63) is 23.8 Å². The molecule has 0 spiro atoms. The summed E-state index contributed by atoms with van der Waals surface area (Å²) in [5, 5.41) is 0. The Morgan fingerprint density at radius 2 is 2.10 bits per heavy atom. The highest BCUT2D eigenvalue weighted by Gasteiger charge is 2.29. The number of imidazole rings is 1. The molecule has 1 aromatic heterocycles. The van der Waals surface area contributed by atoms with E-state index in [1.54, 1.807) is 4.57 Å². The van der Waals surface area contributed by atoms with Gasteiger partial charge in [0, 0.05) is 12.6 Å². The third-order valence-electron chi connectivity index (χ3n) is 4.17. The lowest BCUT2D eigenvalue weighted by atomic mass is 9.94. The number of nitrogens with zero attached hydrogens (tertiary/aromatic N) is 3. The van der Waals surface area contributed by atoms with Crippen molar-refractivity contribution in [2.24, 2.45) is 5.92 Å². The van der Waals surface area contributed by atoms with Crippen molar-refractivity contribution in [1.82, 2.24) is 14.5 Å². The second-order valence-corrected chi connectivity index (χ2v) is 5.66. The lowest BCUT2D eigenvalue weighted by molar-refractivity contribution is 0.162. The van der Waals surface area contributed by atoms with Gasteiger partial charge in [0.1, 0.15) is 5.52 Å². The number of hydrogen-bond acceptors (Lipinski definition) is 3. The first-order valence-corrected chi connectivity index (χ1v) is 6.79. The normalized spacial score (nSPS) is 24.4. The van der Waals surface area contributed by atoms with Crippen molar-refractivity contribution >= 4 is 17.0 Å². The molecule has 1 aliphatic rings. The molecule has 4 nitrogen and oxygen atoms in total. The van der Waals surface area contributed by atoms with Crippen LogP contribution in [0.25, 0.3) is 11.0 Å². The highest BCUT2D eigenvalue weighted by Crippen LogP contribution is 2.34.